The van der Waals surface area contributed by atoms with E-state index < -0.39 is 17.7 Å². The van der Waals surface area contributed by atoms with E-state index in [0.29, 0.717) is 5.56 Å². The topological polar surface area (TPSA) is 55.8 Å². The van der Waals surface area contributed by atoms with Crippen molar-refractivity contribution in [2.24, 2.45) is 0 Å². The summed E-state index contributed by atoms with van der Waals surface area (Å²) >= 11 is 0. The van der Waals surface area contributed by atoms with E-state index in [2.05, 4.69) is 9.47 Å². The Morgan fingerprint density at radius 1 is 1.39 bits per heavy atom. The van der Waals surface area contributed by atoms with Gasteiger partial charge in [-0.3, -0.25) is 4.79 Å². The fourth-order valence-corrected chi connectivity index (χ4v) is 1.98. The lowest BCUT2D eigenvalue weighted by Gasteiger charge is -2.24. The van der Waals surface area contributed by atoms with Gasteiger partial charge in [-0.2, -0.15) is 0 Å². The van der Waals surface area contributed by atoms with E-state index in [1.54, 1.807) is 19.9 Å². The number of carboxylic acids is 1. The van der Waals surface area contributed by atoms with Gasteiger partial charge >= 0.3 is 12.3 Å². The number of alkyl halides is 2. The number of carboxylic acid groups (broad SMARTS) is 1. The maximum Gasteiger partial charge on any atom is 0.586 e. The SMILES string of the molecule is CC(C)(CC(=O)O)c1cccc2c1OC(F)(F)O2. The first-order valence-electron chi connectivity index (χ1n) is 5.32. The number of fused-ring (bicyclic) bond motifs is 1. The number of carbonyl (C=O) groups is 1. The van der Waals surface area contributed by atoms with Crippen LogP contribution < -0.4 is 9.47 Å². The molecule has 0 spiro atoms. The number of hydrogen-bond acceptors (Lipinski definition) is 3. The van der Waals surface area contributed by atoms with Crippen molar-refractivity contribution in [1.82, 2.24) is 0 Å². The number of ether oxygens (including phenoxy) is 2. The molecule has 0 saturated heterocycles. The number of benzene rings is 1. The van der Waals surface area contributed by atoms with E-state index in [9.17, 15) is 13.6 Å². The lowest BCUT2D eigenvalue weighted by Crippen LogP contribution is -2.27. The molecule has 0 atom stereocenters. The molecule has 98 valence electrons. The maximum absolute atomic E-state index is 13.0. The number of para-hydroxylation sites is 1. The van der Waals surface area contributed by atoms with Crippen LogP contribution in [0.1, 0.15) is 25.8 Å². The smallest absolute Gasteiger partial charge is 0.481 e. The highest BCUT2D eigenvalue weighted by Gasteiger charge is 2.46. The van der Waals surface area contributed by atoms with Crippen molar-refractivity contribution < 1.29 is 28.2 Å². The van der Waals surface area contributed by atoms with E-state index in [0.717, 1.165) is 0 Å². The summed E-state index contributed by atoms with van der Waals surface area (Å²) in [4.78, 5) is 10.8. The van der Waals surface area contributed by atoms with Crippen LogP contribution in [0.5, 0.6) is 11.5 Å². The molecule has 4 nitrogen and oxygen atoms in total. The van der Waals surface area contributed by atoms with E-state index in [1.165, 1.54) is 12.1 Å². The summed E-state index contributed by atoms with van der Waals surface area (Å²) in [5.41, 5.74) is -0.444. The van der Waals surface area contributed by atoms with Crippen LogP contribution in [0.3, 0.4) is 0 Å². The zero-order valence-corrected chi connectivity index (χ0v) is 9.87. The second kappa shape index (κ2) is 3.83. The van der Waals surface area contributed by atoms with Gasteiger partial charge in [-0.1, -0.05) is 26.0 Å². The Bertz CT molecular complexity index is 497. The minimum Gasteiger partial charge on any atom is -0.481 e. The highest BCUT2D eigenvalue weighted by molar-refractivity contribution is 5.69. The van der Waals surface area contributed by atoms with Crippen molar-refractivity contribution in [1.29, 1.82) is 0 Å². The summed E-state index contributed by atoms with van der Waals surface area (Å²) in [5, 5.41) is 8.84. The summed E-state index contributed by atoms with van der Waals surface area (Å²) < 4.78 is 34.8. The van der Waals surface area contributed by atoms with Crippen molar-refractivity contribution in [3.8, 4) is 11.5 Å². The molecule has 1 N–H and O–H groups in total. The van der Waals surface area contributed by atoms with Crippen LogP contribution in [0.25, 0.3) is 0 Å². The lowest BCUT2D eigenvalue weighted by molar-refractivity contribution is -0.287. The molecular weight excluding hydrogens is 246 g/mol. The van der Waals surface area contributed by atoms with Crippen LogP contribution in [0.15, 0.2) is 18.2 Å². The van der Waals surface area contributed by atoms with Gasteiger partial charge in [0.25, 0.3) is 0 Å². The Labute approximate surface area is 102 Å². The number of halogens is 2. The second-order valence-corrected chi connectivity index (χ2v) is 4.75. The molecule has 18 heavy (non-hydrogen) atoms. The minimum atomic E-state index is -3.70. The van der Waals surface area contributed by atoms with Gasteiger partial charge in [0.2, 0.25) is 0 Å². The van der Waals surface area contributed by atoms with Crippen LogP contribution in [0.2, 0.25) is 0 Å². The normalized spacial score (nSPS) is 16.7. The van der Waals surface area contributed by atoms with Gasteiger partial charge in [0, 0.05) is 11.0 Å². The largest absolute Gasteiger partial charge is 0.586 e. The average Bonchev–Trinajstić information content (AvgIpc) is 2.48. The Hall–Kier alpha value is -1.85. The molecule has 0 unspecified atom stereocenters. The van der Waals surface area contributed by atoms with Crippen molar-refractivity contribution in [3.05, 3.63) is 23.8 Å². The van der Waals surface area contributed by atoms with Crippen molar-refractivity contribution in [3.63, 3.8) is 0 Å². The van der Waals surface area contributed by atoms with E-state index in [-0.39, 0.29) is 17.9 Å². The summed E-state index contributed by atoms with van der Waals surface area (Å²) in [6.45, 7) is 3.30. The van der Waals surface area contributed by atoms with Crippen LogP contribution in [0, 0.1) is 0 Å². The van der Waals surface area contributed by atoms with Crippen molar-refractivity contribution >= 4 is 5.97 Å². The minimum absolute atomic E-state index is 0.0732. The molecule has 0 saturated carbocycles. The van der Waals surface area contributed by atoms with Crippen LogP contribution in [-0.4, -0.2) is 17.4 Å². The Morgan fingerprint density at radius 3 is 2.67 bits per heavy atom. The van der Waals surface area contributed by atoms with Crippen molar-refractivity contribution in [2.45, 2.75) is 32.0 Å². The summed E-state index contributed by atoms with van der Waals surface area (Å²) in [6.07, 6.45) is -3.89. The third-order valence-electron chi connectivity index (χ3n) is 2.75. The Morgan fingerprint density at radius 2 is 2.06 bits per heavy atom. The zero-order chi connectivity index (χ0) is 13.6. The fourth-order valence-electron chi connectivity index (χ4n) is 1.98. The molecule has 0 aromatic heterocycles. The Balaban J connectivity index is 2.43. The predicted molar refractivity (Wildman–Crippen MR) is 57.9 cm³/mol. The zero-order valence-electron chi connectivity index (χ0n) is 9.87. The monoisotopic (exact) mass is 258 g/mol. The third-order valence-corrected chi connectivity index (χ3v) is 2.75. The molecule has 1 heterocycles. The summed E-state index contributed by atoms with van der Waals surface area (Å²) in [7, 11) is 0. The second-order valence-electron chi connectivity index (χ2n) is 4.75. The highest BCUT2D eigenvalue weighted by Crippen LogP contribution is 2.47. The first kappa shape index (κ1) is 12.6. The average molecular weight is 258 g/mol. The van der Waals surface area contributed by atoms with Gasteiger partial charge in [0.1, 0.15) is 0 Å². The highest BCUT2D eigenvalue weighted by atomic mass is 19.3. The molecule has 6 heteroatoms. The molecule has 2 rings (SSSR count). The van der Waals surface area contributed by atoms with Gasteiger partial charge in [0.15, 0.2) is 11.5 Å². The van der Waals surface area contributed by atoms with Crippen LogP contribution in [-0.2, 0) is 10.2 Å². The van der Waals surface area contributed by atoms with E-state index >= 15 is 0 Å². The fraction of sp³-hybridized carbons (Fsp3) is 0.417. The molecular formula is C12H12F2O4. The molecule has 1 aliphatic heterocycles. The number of rotatable bonds is 3. The summed E-state index contributed by atoms with van der Waals surface area (Å²) in [6, 6.07) is 4.45. The quantitative estimate of drug-likeness (QED) is 0.905. The van der Waals surface area contributed by atoms with Gasteiger partial charge in [-0.15, -0.1) is 8.78 Å². The molecule has 1 aromatic carbocycles. The standard InChI is InChI=1S/C12H12F2O4/c1-11(2,6-9(15)16)7-4-3-5-8-10(7)18-12(13,14)17-8/h3-5H,6H2,1-2H3,(H,15,16). The first-order chi connectivity index (χ1) is 8.21. The molecule has 0 radical (unpaired) electrons. The van der Waals surface area contributed by atoms with E-state index in [1.807, 2.05) is 0 Å². The maximum atomic E-state index is 13.0. The molecule has 1 aliphatic rings. The molecule has 0 fully saturated rings. The van der Waals surface area contributed by atoms with Gasteiger partial charge in [-0.25, -0.2) is 0 Å². The van der Waals surface area contributed by atoms with Gasteiger partial charge in [-0.05, 0) is 6.07 Å². The number of aliphatic carboxylic acids is 1. The molecule has 0 amide bonds. The molecule has 0 bridgehead atoms. The lowest BCUT2D eigenvalue weighted by atomic mass is 9.81. The van der Waals surface area contributed by atoms with Crippen LogP contribution in [0.4, 0.5) is 8.78 Å². The van der Waals surface area contributed by atoms with Crippen LogP contribution >= 0.6 is 0 Å². The third kappa shape index (κ3) is 2.23. The van der Waals surface area contributed by atoms with Crippen molar-refractivity contribution in [2.75, 3.05) is 0 Å². The predicted octanol–water partition coefficient (Wildman–Crippen LogP) is 2.76. The molecule has 0 aliphatic carbocycles. The number of hydrogen-bond donors (Lipinski definition) is 1. The first-order valence-corrected chi connectivity index (χ1v) is 5.32. The van der Waals surface area contributed by atoms with Gasteiger partial charge in [0.05, 0.1) is 6.42 Å². The summed E-state index contributed by atoms with van der Waals surface area (Å²) in [5.74, 6) is -1.17. The van der Waals surface area contributed by atoms with Gasteiger partial charge < -0.3 is 14.6 Å². The Kier molecular flexibility index (Phi) is 2.68. The molecule has 1 aromatic rings. The van der Waals surface area contributed by atoms with E-state index in [4.69, 9.17) is 5.11 Å².